The van der Waals surface area contributed by atoms with Crippen molar-refractivity contribution in [3.63, 3.8) is 0 Å². The van der Waals surface area contributed by atoms with E-state index in [9.17, 15) is 9.59 Å². The first-order valence-electron chi connectivity index (χ1n) is 10.6. The van der Waals surface area contributed by atoms with Crippen LogP contribution < -0.4 is 15.4 Å². The summed E-state index contributed by atoms with van der Waals surface area (Å²) in [6.07, 6.45) is 1.28. The van der Waals surface area contributed by atoms with Gasteiger partial charge in [-0.1, -0.05) is 48.5 Å². The lowest BCUT2D eigenvalue weighted by Crippen LogP contribution is -2.34. The number of hydrogen-bond donors (Lipinski definition) is 2. The molecule has 2 N–H and O–H groups in total. The van der Waals surface area contributed by atoms with Gasteiger partial charge in [0.1, 0.15) is 5.75 Å². The van der Waals surface area contributed by atoms with Crippen LogP contribution in [0, 0.1) is 0 Å². The molecule has 160 valence electrons. The van der Waals surface area contributed by atoms with Gasteiger partial charge in [-0.2, -0.15) is 0 Å². The Labute approximate surface area is 181 Å². The molecule has 2 atom stereocenters. The SMILES string of the molecule is C[C@@H](Oc1cccc2ccccc12)C(=O)Nc1ccccc1C(=O)NC[C@@H]1CCCO1. The lowest BCUT2D eigenvalue weighted by Gasteiger charge is -2.18. The number of nitrogens with one attached hydrogen (secondary N) is 2. The Morgan fingerprint density at radius 3 is 2.68 bits per heavy atom. The highest BCUT2D eigenvalue weighted by molar-refractivity contribution is 6.04. The van der Waals surface area contributed by atoms with E-state index in [4.69, 9.17) is 9.47 Å². The average molecular weight is 418 g/mol. The van der Waals surface area contributed by atoms with Gasteiger partial charge < -0.3 is 20.1 Å². The van der Waals surface area contributed by atoms with Crippen LogP contribution in [0.5, 0.6) is 5.75 Å². The van der Waals surface area contributed by atoms with Gasteiger partial charge in [0, 0.05) is 18.5 Å². The van der Waals surface area contributed by atoms with E-state index in [1.165, 1.54) is 0 Å². The molecule has 1 saturated heterocycles. The zero-order valence-electron chi connectivity index (χ0n) is 17.5. The maximum Gasteiger partial charge on any atom is 0.265 e. The van der Waals surface area contributed by atoms with E-state index in [1.54, 1.807) is 31.2 Å². The average Bonchev–Trinajstić information content (AvgIpc) is 3.32. The molecule has 1 aliphatic heterocycles. The summed E-state index contributed by atoms with van der Waals surface area (Å²) in [5.41, 5.74) is 0.858. The summed E-state index contributed by atoms with van der Waals surface area (Å²) >= 11 is 0. The first kappa shape index (κ1) is 20.9. The first-order valence-corrected chi connectivity index (χ1v) is 10.6. The molecule has 1 fully saturated rings. The summed E-state index contributed by atoms with van der Waals surface area (Å²) in [5, 5.41) is 7.71. The number of benzene rings is 3. The predicted molar refractivity (Wildman–Crippen MR) is 120 cm³/mol. The zero-order valence-corrected chi connectivity index (χ0v) is 17.5. The number of fused-ring (bicyclic) bond motifs is 1. The maximum atomic E-state index is 12.8. The fourth-order valence-electron chi connectivity index (χ4n) is 3.67. The molecule has 1 aliphatic rings. The number of carbonyl (C=O) groups is 2. The number of anilines is 1. The number of hydrogen-bond acceptors (Lipinski definition) is 4. The lowest BCUT2D eigenvalue weighted by molar-refractivity contribution is -0.122. The molecule has 0 radical (unpaired) electrons. The van der Waals surface area contributed by atoms with Crippen LogP contribution in [0.3, 0.4) is 0 Å². The second kappa shape index (κ2) is 9.62. The second-order valence-corrected chi connectivity index (χ2v) is 7.62. The minimum Gasteiger partial charge on any atom is -0.480 e. The van der Waals surface area contributed by atoms with Gasteiger partial charge in [-0.25, -0.2) is 0 Å². The molecule has 0 unspecified atom stereocenters. The molecule has 0 saturated carbocycles. The molecular formula is C25H26N2O4. The van der Waals surface area contributed by atoms with Gasteiger partial charge in [-0.05, 0) is 43.4 Å². The highest BCUT2D eigenvalue weighted by Gasteiger charge is 2.21. The molecule has 0 aromatic heterocycles. The fourth-order valence-corrected chi connectivity index (χ4v) is 3.67. The van der Waals surface area contributed by atoms with Crippen LogP contribution in [-0.4, -0.2) is 37.2 Å². The molecule has 2 amide bonds. The van der Waals surface area contributed by atoms with Crippen LogP contribution in [0.4, 0.5) is 5.69 Å². The Hall–Kier alpha value is -3.38. The van der Waals surface area contributed by atoms with Crippen LogP contribution in [0.1, 0.15) is 30.1 Å². The second-order valence-electron chi connectivity index (χ2n) is 7.62. The largest absolute Gasteiger partial charge is 0.480 e. The molecule has 0 spiro atoms. The van der Waals surface area contributed by atoms with Crippen molar-refractivity contribution in [2.45, 2.75) is 32.0 Å². The Balaban J connectivity index is 1.42. The van der Waals surface area contributed by atoms with Gasteiger partial charge in [-0.15, -0.1) is 0 Å². The van der Waals surface area contributed by atoms with E-state index in [1.807, 2.05) is 42.5 Å². The van der Waals surface area contributed by atoms with E-state index in [0.717, 1.165) is 30.2 Å². The molecule has 6 nitrogen and oxygen atoms in total. The van der Waals surface area contributed by atoms with Crippen LogP contribution in [-0.2, 0) is 9.53 Å². The van der Waals surface area contributed by atoms with Crippen LogP contribution in [0.25, 0.3) is 10.8 Å². The van der Waals surface area contributed by atoms with Crippen molar-refractivity contribution in [1.82, 2.24) is 5.32 Å². The number of amides is 2. The fraction of sp³-hybridized carbons (Fsp3) is 0.280. The normalized spacial score (nSPS) is 16.6. The van der Waals surface area contributed by atoms with Crippen molar-refractivity contribution < 1.29 is 19.1 Å². The van der Waals surface area contributed by atoms with Gasteiger partial charge in [0.25, 0.3) is 11.8 Å². The van der Waals surface area contributed by atoms with E-state index in [-0.39, 0.29) is 17.9 Å². The molecule has 6 heteroatoms. The topological polar surface area (TPSA) is 76.7 Å². The highest BCUT2D eigenvalue weighted by atomic mass is 16.5. The minimum absolute atomic E-state index is 0.0554. The summed E-state index contributed by atoms with van der Waals surface area (Å²) in [6, 6.07) is 20.6. The van der Waals surface area contributed by atoms with Crippen LogP contribution >= 0.6 is 0 Å². The summed E-state index contributed by atoms with van der Waals surface area (Å²) in [5.74, 6) is 0.0738. The smallest absolute Gasteiger partial charge is 0.265 e. The quantitative estimate of drug-likeness (QED) is 0.604. The summed E-state index contributed by atoms with van der Waals surface area (Å²) < 4.78 is 11.5. The standard InChI is InChI=1S/C25H26N2O4/c1-17(31-23-14-6-9-18-8-2-3-11-20(18)23)24(28)27-22-13-5-4-12-21(22)25(29)26-16-19-10-7-15-30-19/h2-6,8-9,11-14,17,19H,7,10,15-16H2,1H3,(H,26,29)(H,27,28)/t17-,19+/m1/s1. The molecule has 1 heterocycles. The highest BCUT2D eigenvalue weighted by Crippen LogP contribution is 2.26. The molecule has 4 rings (SSSR count). The van der Waals surface area contributed by atoms with Crippen molar-refractivity contribution in [3.8, 4) is 5.75 Å². The van der Waals surface area contributed by atoms with Crippen molar-refractivity contribution in [1.29, 1.82) is 0 Å². The zero-order chi connectivity index (χ0) is 21.6. The van der Waals surface area contributed by atoms with Crippen molar-refractivity contribution in [2.24, 2.45) is 0 Å². The molecule has 0 aliphatic carbocycles. The number of para-hydroxylation sites is 1. The molecule has 3 aromatic rings. The molecular weight excluding hydrogens is 392 g/mol. The van der Waals surface area contributed by atoms with Crippen LogP contribution in [0.2, 0.25) is 0 Å². The monoisotopic (exact) mass is 418 g/mol. The minimum atomic E-state index is -0.742. The lowest BCUT2D eigenvalue weighted by atomic mass is 10.1. The Bertz CT molecular complexity index is 1070. The van der Waals surface area contributed by atoms with E-state index >= 15 is 0 Å². The summed E-state index contributed by atoms with van der Waals surface area (Å²) in [4.78, 5) is 25.5. The molecule has 0 bridgehead atoms. The van der Waals surface area contributed by atoms with E-state index < -0.39 is 6.10 Å². The molecule has 3 aromatic carbocycles. The molecule has 31 heavy (non-hydrogen) atoms. The van der Waals surface area contributed by atoms with Gasteiger partial charge in [-0.3, -0.25) is 9.59 Å². The number of rotatable bonds is 7. The Morgan fingerprint density at radius 2 is 1.84 bits per heavy atom. The first-order chi connectivity index (χ1) is 15.1. The van der Waals surface area contributed by atoms with Crippen molar-refractivity contribution in [2.75, 3.05) is 18.5 Å². The van der Waals surface area contributed by atoms with Gasteiger partial charge >= 0.3 is 0 Å². The number of carbonyl (C=O) groups excluding carboxylic acids is 2. The van der Waals surface area contributed by atoms with Gasteiger partial charge in [0.2, 0.25) is 0 Å². The third-order valence-corrected chi connectivity index (χ3v) is 5.37. The van der Waals surface area contributed by atoms with Crippen molar-refractivity contribution >= 4 is 28.3 Å². The van der Waals surface area contributed by atoms with E-state index in [2.05, 4.69) is 10.6 Å². The Kier molecular flexibility index (Phi) is 6.48. The third kappa shape index (κ3) is 5.03. The van der Waals surface area contributed by atoms with Crippen molar-refractivity contribution in [3.05, 3.63) is 72.3 Å². The summed E-state index contributed by atoms with van der Waals surface area (Å²) in [7, 11) is 0. The van der Waals surface area contributed by atoms with Gasteiger partial charge in [0.15, 0.2) is 6.10 Å². The van der Waals surface area contributed by atoms with Gasteiger partial charge in [0.05, 0.1) is 17.4 Å². The maximum absolute atomic E-state index is 12.8. The van der Waals surface area contributed by atoms with E-state index in [0.29, 0.717) is 23.5 Å². The third-order valence-electron chi connectivity index (χ3n) is 5.37. The predicted octanol–water partition coefficient (Wildman–Crippen LogP) is 4.15. The Morgan fingerprint density at radius 1 is 1.06 bits per heavy atom. The number of ether oxygens (including phenoxy) is 2. The van der Waals surface area contributed by atoms with Crippen LogP contribution in [0.15, 0.2) is 66.7 Å². The summed E-state index contributed by atoms with van der Waals surface area (Å²) in [6.45, 7) is 2.89.